The first-order valence-electron chi connectivity index (χ1n) is 10.9. The van der Waals surface area contributed by atoms with Gasteiger partial charge in [-0.25, -0.2) is 13.8 Å². The summed E-state index contributed by atoms with van der Waals surface area (Å²) in [5.74, 6) is -0.471. The van der Waals surface area contributed by atoms with E-state index in [1.165, 1.54) is 13.3 Å². The molecule has 0 aliphatic heterocycles. The fourth-order valence-electron chi connectivity index (χ4n) is 3.89. The Morgan fingerprint density at radius 2 is 1.71 bits per heavy atom. The third-order valence-electron chi connectivity index (χ3n) is 5.37. The van der Waals surface area contributed by atoms with Crippen molar-refractivity contribution < 1.29 is 23.1 Å². The van der Waals surface area contributed by atoms with Gasteiger partial charge in [0.25, 0.3) is 5.91 Å². The molecule has 0 unspecified atom stereocenters. The Morgan fingerprint density at radius 3 is 2.34 bits per heavy atom. The smallest absolute Gasteiger partial charge is 0.255 e. The van der Waals surface area contributed by atoms with E-state index < -0.39 is 22.5 Å². The van der Waals surface area contributed by atoms with Crippen molar-refractivity contribution in [3.63, 3.8) is 0 Å². The zero-order valence-electron chi connectivity index (χ0n) is 20.1. The van der Waals surface area contributed by atoms with Gasteiger partial charge in [0.05, 0.1) is 24.8 Å². The first kappa shape index (κ1) is 25.9. The Morgan fingerprint density at radius 1 is 1.06 bits per heavy atom. The van der Waals surface area contributed by atoms with E-state index in [1.54, 1.807) is 44.2 Å². The topological polar surface area (TPSA) is 108 Å². The number of hydrogen-bond acceptors (Lipinski definition) is 6. The van der Waals surface area contributed by atoms with Gasteiger partial charge < -0.3 is 9.84 Å². The second-order valence-corrected chi connectivity index (χ2v) is 10.1. The second-order valence-electron chi connectivity index (χ2n) is 8.18. The van der Waals surface area contributed by atoms with E-state index in [9.17, 15) is 18.3 Å². The molecule has 35 heavy (non-hydrogen) atoms. The molecule has 3 aromatic rings. The lowest BCUT2D eigenvalue weighted by molar-refractivity contribution is -0.121. The van der Waals surface area contributed by atoms with E-state index in [2.05, 4.69) is 10.5 Å². The van der Waals surface area contributed by atoms with Gasteiger partial charge in [0.1, 0.15) is 0 Å². The number of sulfonamides is 1. The van der Waals surface area contributed by atoms with Gasteiger partial charge in [-0.1, -0.05) is 54.1 Å². The Labute approximate surface area is 205 Å². The normalized spacial score (nSPS) is 11.7. The molecule has 0 fully saturated rings. The maximum atomic E-state index is 13.7. The zero-order chi connectivity index (χ0) is 25.6. The number of amides is 1. The zero-order valence-corrected chi connectivity index (χ0v) is 21.0. The van der Waals surface area contributed by atoms with Crippen molar-refractivity contribution in [1.29, 1.82) is 0 Å². The summed E-state index contributed by atoms with van der Waals surface area (Å²) in [6.45, 7) is 4.98. The van der Waals surface area contributed by atoms with Crippen molar-refractivity contribution in [3.8, 4) is 11.5 Å². The average molecular weight is 496 g/mol. The summed E-state index contributed by atoms with van der Waals surface area (Å²) in [4.78, 5) is 12.9. The number of hydrogen-bond donors (Lipinski definition) is 2. The second kappa shape index (κ2) is 11.2. The quantitative estimate of drug-likeness (QED) is 0.348. The lowest BCUT2D eigenvalue weighted by Gasteiger charge is -2.24. The lowest BCUT2D eigenvalue weighted by atomic mass is 10.1. The SMILES string of the molecule is COc1cccc(/C=N\NC(=O)CN(Cc2ccccc2)S(=O)(=O)c2c(C)cc(C)cc2C)c1O. The van der Waals surface area contributed by atoms with E-state index >= 15 is 0 Å². The van der Waals surface area contributed by atoms with Crippen LogP contribution in [0.2, 0.25) is 0 Å². The van der Waals surface area contributed by atoms with Crippen molar-refractivity contribution in [3.05, 3.63) is 88.5 Å². The van der Waals surface area contributed by atoms with Crippen molar-refractivity contribution in [2.75, 3.05) is 13.7 Å². The molecule has 0 aliphatic rings. The average Bonchev–Trinajstić information content (AvgIpc) is 2.79. The molecule has 8 nitrogen and oxygen atoms in total. The summed E-state index contributed by atoms with van der Waals surface area (Å²) >= 11 is 0. The van der Waals surface area contributed by atoms with E-state index in [1.807, 2.05) is 37.3 Å². The standard InChI is InChI=1S/C26H29N3O5S/c1-18-13-19(2)26(20(3)14-18)35(32,33)29(16-21-9-6-5-7-10-21)17-24(30)28-27-15-22-11-8-12-23(34-4)25(22)31/h5-15,31H,16-17H2,1-4H3,(H,28,30)/b27-15-. The number of nitrogens with one attached hydrogen (secondary N) is 1. The number of phenolic OH excluding ortho intramolecular Hbond substituents is 1. The first-order valence-corrected chi connectivity index (χ1v) is 12.4. The van der Waals surface area contributed by atoms with Gasteiger partial charge in [-0.2, -0.15) is 9.41 Å². The Kier molecular flexibility index (Phi) is 8.26. The van der Waals surface area contributed by atoms with Gasteiger partial charge in [0.2, 0.25) is 10.0 Å². The highest BCUT2D eigenvalue weighted by Gasteiger charge is 2.30. The number of para-hydroxylation sites is 1. The fraction of sp³-hybridized carbons (Fsp3) is 0.231. The molecule has 0 radical (unpaired) electrons. The molecule has 1 amide bonds. The van der Waals surface area contributed by atoms with Crippen LogP contribution < -0.4 is 10.2 Å². The highest BCUT2D eigenvalue weighted by molar-refractivity contribution is 7.89. The van der Waals surface area contributed by atoms with E-state index in [0.717, 1.165) is 15.4 Å². The third kappa shape index (κ3) is 6.26. The molecular formula is C26H29N3O5S. The van der Waals surface area contributed by atoms with Crippen LogP contribution in [0.15, 0.2) is 70.7 Å². The van der Waals surface area contributed by atoms with E-state index in [4.69, 9.17) is 4.74 Å². The summed E-state index contributed by atoms with van der Waals surface area (Å²) in [5, 5.41) is 14.0. The van der Waals surface area contributed by atoms with Crippen LogP contribution in [0, 0.1) is 20.8 Å². The molecule has 3 aromatic carbocycles. The molecule has 0 aromatic heterocycles. The summed E-state index contributed by atoms with van der Waals surface area (Å²) < 4.78 is 33.6. The van der Waals surface area contributed by atoms with E-state index in [-0.39, 0.29) is 22.9 Å². The predicted octanol–water partition coefficient (Wildman–Crippen LogP) is 3.67. The number of methoxy groups -OCH3 is 1. The Balaban J connectivity index is 1.86. The summed E-state index contributed by atoms with van der Waals surface area (Å²) in [6, 6.07) is 17.6. The molecule has 0 spiro atoms. The van der Waals surface area contributed by atoms with Crippen LogP contribution in [0.1, 0.15) is 27.8 Å². The van der Waals surface area contributed by atoms with Crippen molar-refractivity contribution in [1.82, 2.24) is 9.73 Å². The Bertz CT molecular complexity index is 1320. The number of rotatable bonds is 9. The van der Waals surface area contributed by atoms with Gasteiger partial charge in [0, 0.05) is 12.1 Å². The molecule has 2 N–H and O–H groups in total. The van der Waals surface area contributed by atoms with Crippen LogP contribution in [0.3, 0.4) is 0 Å². The number of hydrazone groups is 1. The maximum absolute atomic E-state index is 13.7. The highest BCUT2D eigenvalue weighted by atomic mass is 32.2. The molecule has 3 rings (SSSR count). The van der Waals surface area contributed by atoms with Crippen LogP contribution in [0.5, 0.6) is 11.5 Å². The summed E-state index contributed by atoms with van der Waals surface area (Å²) in [7, 11) is -2.57. The number of benzene rings is 3. The largest absolute Gasteiger partial charge is 0.504 e. The number of nitrogens with zero attached hydrogens (tertiary/aromatic N) is 2. The highest BCUT2D eigenvalue weighted by Crippen LogP contribution is 2.28. The van der Waals surface area contributed by atoms with Gasteiger partial charge in [-0.05, 0) is 49.6 Å². The van der Waals surface area contributed by atoms with Crippen LogP contribution in [-0.2, 0) is 21.4 Å². The predicted molar refractivity (Wildman–Crippen MR) is 135 cm³/mol. The molecular weight excluding hydrogens is 466 g/mol. The van der Waals surface area contributed by atoms with Gasteiger partial charge >= 0.3 is 0 Å². The minimum absolute atomic E-state index is 0.0176. The molecule has 0 heterocycles. The summed E-state index contributed by atoms with van der Waals surface area (Å²) in [6.07, 6.45) is 1.26. The van der Waals surface area contributed by atoms with Crippen molar-refractivity contribution in [2.24, 2.45) is 5.10 Å². The number of ether oxygens (including phenoxy) is 1. The van der Waals surface area contributed by atoms with Gasteiger partial charge in [0.15, 0.2) is 11.5 Å². The number of aryl methyl sites for hydroxylation is 3. The maximum Gasteiger partial charge on any atom is 0.255 e. The minimum Gasteiger partial charge on any atom is -0.504 e. The van der Waals surface area contributed by atoms with Crippen molar-refractivity contribution >= 4 is 22.1 Å². The third-order valence-corrected chi connectivity index (χ3v) is 7.47. The fourth-order valence-corrected chi connectivity index (χ4v) is 5.69. The van der Waals surface area contributed by atoms with Crippen LogP contribution in [-0.4, -0.2) is 43.6 Å². The monoisotopic (exact) mass is 495 g/mol. The molecule has 184 valence electrons. The summed E-state index contributed by atoms with van der Waals surface area (Å²) in [5.41, 5.74) is 5.63. The molecule has 0 atom stereocenters. The number of carbonyl (C=O) groups excluding carboxylic acids is 1. The number of carbonyl (C=O) groups is 1. The lowest BCUT2D eigenvalue weighted by Crippen LogP contribution is -2.39. The van der Waals surface area contributed by atoms with Crippen molar-refractivity contribution in [2.45, 2.75) is 32.2 Å². The van der Waals surface area contributed by atoms with Gasteiger partial charge in [-0.3, -0.25) is 4.79 Å². The first-order chi connectivity index (χ1) is 16.6. The number of aromatic hydroxyl groups is 1. The van der Waals surface area contributed by atoms with Crippen LogP contribution >= 0.6 is 0 Å². The minimum atomic E-state index is -4.00. The molecule has 9 heteroatoms. The van der Waals surface area contributed by atoms with Crippen LogP contribution in [0.4, 0.5) is 0 Å². The van der Waals surface area contributed by atoms with Gasteiger partial charge in [-0.15, -0.1) is 0 Å². The molecule has 0 saturated heterocycles. The molecule has 0 saturated carbocycles. The molecule has 0 aliphatic carbocycles. The number of phenols is 1. The molecule has 0 bridgehead atoms. The van der Waals surface area contributed by atoms with Crippen LogP contribution in [0.25, 0.3) is 0 Å². The van der Waals surface area contributed by atoms with E-state index in [0.29, 0.717) is 16.7 Å². The Hall–Kier alpha value is -3.69.